The lowest BCUT2D eigenvalue weighted by atomic mass is 10.1. The Labute approximate surface area is 204 Å². The quantitative estimate of drug-likeness (QED) is 0.203. The van der Waals surface area contributed by atoms with Crippen molar-refractivity contribution in [2.75, 3.05) is 24.6 Å². The second-order valence-electron chi connectivity index (χ2n) is 8.42. The third kappa shape index (κ3) is 5.53. The molecule has 0 unspecified atom stereocenters. The van der Waals surface area contributed by atoms with Gasteiger partial charge in [-0.1, -0.05) is 12.8 Å². The van der Waals surface area contributed by atoms with E-state index < -0.39 is 31.2 Å². The minimum absolute atomic E-state index is 0.0520. The number of anilines is 1. The average Bonchev–Trinajstić information content (AvgIpc) is 3.50. The molecular formula is C20H26ClN6O7P. The number of furan rings is 1. The summed E-state index contributed by atoms with van der Waals surface area (Å²) in [7, 11) is -4.58. The predicted octanol–water partition coefficient (Wildman–Crippen LogP) is 2.60. The molecule has 1 fully saturated rings. The summed E-state index contributed by atoms with van der Waals surface area (Å²) in [5.74, 6) is -1.50. The third-order valence-corrected chi connectivity index (χ3v) is 6.79. The molecule has 190 valence electrons. The van der Waals surface area contributed by atoms with Gasteiger partial charge in [0.2, 0.25) is 22.7 Å². The number of aromatic hydroxyl groups is 2. The standard InChI is InChI=1S/C20H26ClN6O7P/c1-2-26(13(28)9-35(31,32)33)8-12-15(29)16(30)19(34-12)27-10-23-14-17(24-20(21)25-18(14)27)22-7-11-5-3-4-6-11/h10-11,29-30H,2-9H2,1H3,(H,22,24,25)(H2,31,32,33). The smallest absolute Gasteiger partial charge is 0.334 e. The first-order valence-corrected chi connectivity index (χ1v) is 13.3. The van der Waals surface area contributed by atoms with Crippen molar-refractivity contribution >= 4 is 42.1 Å². The van der Waals surface area contributed by atoms with Crippen molar-refractivity contribution in [3.05, 3.63) is 17.4 Å². The monoisotopic (exact) mass is 528 g/mol. The fourth-order valence-electron chi connectivity index (χ4n) is 4.14. The van der Waals surface area contributed by atoms with Gasteiger partial charge in [-0.15, -0.1) is 0 Å². The second kappa shape index (κ2) is 10.0. The maximum atomic E-state index is 12.2. The van der Waals surface area contributed by atoms with Crippen molar-refractivity contribution in [2.45, 2.75) is 39.2 Å². The molecule has 0 atom stereocenters. The van der Waals surface area contributed by atoms with E-state index >= 15 is 0 Å². The Kier molecular flexibility index (Phi) is 7.22. The molecule has 15 heteroatoms. The predicted molar refractivity (Wildman–Crippen MR) is 126 cm³/mol. The number of nitrogens with one attached hydrogen (secondary N) is 1. The highest BCUT2D eigenvalue weighted by atomic mass is 35.5. The number of hydrogen-bond acceptors (Lipinski definition) is 9. The zero-order valence-corrected chi connectivity index (χ0v) is 20.5. The first-order valence-electron chi connectivity index (χ1n) is 11.1. The number of aromatic nitrogens is 4. The highest BCUT2D eigenvalue weighted by Gasteiger charge is 2.28. The maximum Gasteiger partial charge on any atom is 0.334 e. The first kappa shape index (κ1) is 25.2. The molecule has 1 aliphatic rings. The minimum Gasteiger partial charge on any atom is -0.502 e. The Bertz CT molecular complexity index is 1280. The molecule has 0 radical (unpaired) electrons. The van der Waals surface area contributed by atoms with Crippen molar-refractivity contribution in [3.63, 3.8) is 0 Å². The topological polar surface area (TPSA) is 187 Å². The van der Waals surface area contributed by atoms with Crippen LogP contribution in [0.1, 0.15) is 38.4 Å². The highest BCUT2D eigenvalue weighted by Crippen LogP contribution is 2.41. The van der Waals surface area contributed by atoms with Crippen LogP contribution in [0.15, 0.2) is 10.7 Å². The van der Waals surface area contributed by atoms with Gasteiger partial charge >= 0.3 is 7.60 Å². The molecule has 1 aliphatic carbocycles. The SMILES string of the molecule is CCN(Cc1oc(-n2cnc3c(NCC4CCCC4)nc(Cl)nc32)c(O)c1O)C(=O)CP(=O)(O)O. The van der Waals surface area contributed by atoms with Gasteiger partial charge < -0.3 is 34.6 Å². The van der Waals surface area contributed by atoms with Crippen molar-refractivity contribution in [1.29, 1.82) is 0 Å². The van der Waals surface area contributed by atoms with Crippen LogP contribution in [-0.2, 0) is 15.9 Å². The maximum absolute atomic E-state index is 12.2. The number of nitrogens with zero attached hydrogens (tertiary/aromatic N) is 5. The van der Waals surface area contributed by atoms with Crippen molar-refractivity contribution in [3.8, 4) is 17.4 Å². The number of rotatable bonds is 9. The van der Waals surface area contributed by atoms with E-state index in [0.717, 1.165) is 17.7 Å². The van der Waals surface area contributed by atoms with Gasteiger partial charge in [0.05, 0.1) is 6.54 Å². The number of carbonyl (C=O) groups is 1. The van der Waals surface area contributed by atoms with Crippen molar-refractivity contribution in [1.82, 2.24) is 24.4 Å². The van der Waals surface area contributed by atoms with Crippen LogP contribution in [-0.4, -0.2) is 69.6 Å². The molecule has 1 saturated carbocycles. The molecule has 3 aromatic rings. The fourth-order valence-corrected chi connectivity index (χ4v) is 4.86. The van der Waals surface area contributed by atoms with E-state index in [0.29, 0.717) is 23.8 Å². The molecule has 0 saturated heterocycles. The lowest BCUT2D eigenvalue weighted by molar-refractivity contribution is -0.129. The van der Waals surface area contributed by atoms with E-state index in [2.05, 4.69) is 20.3 Å². The Balaban J connectivity index is 1.63. The van der Waals surface area contributed by atoms with E-state index in [4.69, 9.17) is 25.8 Å². The van der Waals surface area contributed by atoms with Gasteiger partial charge in [0.1, 0.15) is 12.5 Å². The zero-order valence-electron chi connectivity index (χ0n) is 18.9. The van der Waals surface area contributed by atoms with E-state index in [-0.39, 0.29) is 35.7 Å². The van der Waals surface area contributed by atoms with Crippen LogP contribution in [0.5, 0.6) is 11.5 Å². The molecule has 3 aromatic heterocycles. The number of hydrogen-bond donors (Lipinski definition) is 5. The molecule has 5 N–H and O–H groups in total. The normalized spacial score (nSPS) is 14.6. The van der Waals surface area contributed by atoms with Gasteiger partial charge in [-0.25, -0.2) is 9.55 Å². The largest absolute Gasteiger partial charge is 0.502 e. The van der Waals surface area contributed by atoms with E-state index in [1.54, 1.807) is 6.92 Å². The van der Waals surface area contributed by atoms with Crippen LogP contribution in [0.3, 0.4) is 0 Å². The van der Waals surface area contributed by atoms with Crippen LogP contribution in [0.2, 0.25) is 5.28 Å². The summed E-state index contributed by atoms with van der Waals surface area (Å²) in [5.41, 5.74) is 0.607. The molecule has 0 aromatic carbocycles. The molecule has 0 bridgehead atoms. The number of imidazole rings is 1. The zero-order chi connectivity index (χ0) is 25.3. The third-order valence-electron chi connectivity index (χ3n) is 5.94. The summed E-state index contributed by atoms with van der Waals surface area (Å²) in [5, 5.41) is 24.2. The number of amides is 1. The second-order valence-corrected chi connectivity index (χ2v) is 10.4. The van der Waals surface area contributed by atoms with Crippen LogP contribution in [0, 0.1) is 5.92 Å². The summed E-state index contributed by atoms with van der Waals surface area (Å²) in [6, 6.07) is 0. The lowest BCUT2D eigenvalue weighted by Crippen LogP contribution is -2.32. The van der Waals surface area contributed by atoms with E-state index in [1.165, 1.54) is 23.7 Å². The molecule has 13 nitrogen and oxygen atoms in total. The lowest BCUT2D eigenvalue weighted by Gasteiger charge is -2.19. The molecule has 3 heterocycles. The number of fused-ring (bicyclic) bond motifs is 1. The first-order chi connectivity index (χ1) is 16.6. The van der Waals surface area contributed by atoms with Gasteiger partial charge in [-0.2, -0.15) is 9.97 Å². The van der Waals surface area contributed by atoms with Crippen molar-refractivity contribution in [2.24, 2.45) is 5.92 Å². The number of halogens is 1. The van der Waals surface area contributed by atoms with Crippen LogP contribution in [0.25, 0.3) is 17.0 Å². The Morgan fingerprint density at radius 2 is 2.00 bits per heavy atom. The summed E-state index contributed by atoms with van der Waals surface area (Å²) in [4.78, 5) is 44.2. The number of carbonyl (C=O) groups excluding carboxylic acids is 1. The Morgan fingerprint density at radius 1 is 1.29 bits per heavy atom. The van der Waals surface area contributed by atoms with Crippen molar-refractivity contribution < 1.29 is 33.8 Å². The molecule has 4 rings (SSSR count). The Morgan fingerprint density at radius 3 is 2.66 bits per heavy atom. The van der Waals surface area contributed by atoms with Gasteiger partial charge in [-0.05, 0) is 37.3 Å². The fraction of sp³-hybridized carbons (Fsp3) is 0.500. The molecule has 0 aliphatic heterocycles. The molecular weight excluding hydrogens is 503 g/mol. The summed E-state index contributed by atoms with van der Waals surface area (Å²) >= 11 is 6.13. The van der Waals surface area contributed by atoms with Gasteiger partial charge in [0, 0.05) is 13.1 Å². The van der Waals surface area contributed by atoms with Crippen LogP contribution >= 0.6 is 19.2 Å². The van der Waals surface area contributed by atoms with E-state index in [9.17, 15) is 19.6 Å². The minimum atomic E-state index is -4.58. The molecule has 1 amide bonds. The highest BCUT2D eigenvalue weighted by molar-refractivity contribution is 7.52. The summed E-state index contributed by atoms with van der Waals surface area (Å²) < 4.78 is 18.1. The van der Waals surface area contributed by atoms with Crippen LogP contribution < -0.4 is 5.32 Å². The summed E-state index contributed by atoms with van der Waals surface area (Å²) in [6.07, 6.45) is 5.01. The van der Waals surface area contributed by atoms with Gasteiger partial charge in [0.25, 0.3) is 5.88 Å². The summed E-state index contributed by atoms with van der Waals surface area (Å²) in [6.45, 7) is 2.07. The molecule has 0 spiro atoms. The van der Waals surface area contributed by atoms with Gasteiger partial charge in [-0.3, -0.25) is 9.36 Å². The van der Waals surface area contributed by atoms with Gasteiger partial charge in [0.15, 0.2) is 22.7 Å². The van der Waals surface area contributed by atoms with Crippen LogP contribution in [0.4, 0.5) is 5.82 Å². The molecule has 35 heavy (non-hydrogen) atoms. The average molecular weight is 529 g/mol. The Hall–Kier alpha value is -2.86. The van der Waals surface area contributed by atoms with E-state index in [1.807, 2.05) is 0 Å².